The first kappa shape index (κ1) is 17.6. The molecule has 4 rings (SSSR count). The Morgan fingerprint density at radius 1 is 1.20 bits per heavy atom. The van der Waals surface area contributed by atoms with Crippen molar-refractivity contribution in [1.82, 2.24) is 5.32 Å². The highest BCUT2D eigenvalue weighted by molar-refractivity contribution is 8.21. The number of benzene rings is 1. The molecule has 0 unspecified atom stereocenters. The SMILES string of the molecule is COc1ccccc1CNC(=O)C1C[C@H]2CCC[C@H](C1)C21SCCS1. The third kappa shape index (κ3) is 3.30. The summed E-state index contributed by atoms with van der Waals surface area (Å²) in [7, 11) is 1.68. The zero-order chi connectivity index (χ0) is 17.3. The number of carbonyl (C=O) groups excluding carboxylic acids is 1. The van der Waals surface area contributed by atoms with E-state index in [9.17, 15) is 4.79 Å². The Kier molecular flexibility index (Phi) is 5.23. The number of hydrogen-bond donors (Lipinski definition) is 1. The monoisotopic (exact) mass is 377 g/mol. The number of methoxy groups -OCH3 is 1. The van der Waals surface area contributed by atoms with Gasteiger partial charge in [0.05, 0.1) is 11.2 Å². The average Bonchev–Trinajstić information content (AvgIpc) is 3.09. The van der Waals surface area contributed by atoms with Gasteiger partial charge in [0.15, 0.2) is 0 Å². The Hall–Kier alpha value is -0.810. The van der Waals surface area contributed by atoms with E-state index in [1.54, 1.807) is 7.11 Å². The van der Waals surface area contributed by atoms with Gasteiger partial charge in [-0.15, -0.1) is 23.5 Å². The van der Waals surface area contributed by atoms with Gasteiger partial charge in [-0.05, 0) is 43.6 Å². The Morgan fingerprint density at radius 3 is 2.56 bits per heavy atom. The average molecular weight is 378 g/mol. The van der Waals surface area contributed by atoms with Crippen LogP contribution in [0.15, 0.2) is 24.3 Å². The first-order valence-corrected chi connectivity index (χ1v) is 11.4. The molecule has 5 heteroatoms. The summed E-state index contributed by atoms with van der Waals surface area (Å²) >= 11 is 4.40. The van der Waals surface area contributed by atoms with Crippen molar-refractivity contribution in [2.24, 2.45) is 17.8 Å². The van der Waals surface area contributed by atoms with E-state index in [0.29, 0.717) is 10.6 Å². The molecule has 0 radical (unpaired) electrons. The quantitative estimate of drug-likeness (QED) is 0.848. The summed E-state index contributed by atoms with van der Waals surface area (Å²) in [6, 6.07) is 7.93. The molecule has 2 aliphatic carbocycles. The second-order valence-electron chi connectivity index (χ2n) is 7.44. The van der Waals surface area contributed by atoms with Gasteiger partial charge in [-0.2, -0.15) is 0 Å². The molecule has 3 aliphatic rings. The van der Waals surface area contributed by atoms with Crippen LogP contribution in [0.25, 0.3) is 0 Å². The molecular formula is C20H27NO2S2. The molecule has 1 aromatic rings. The molecule has 136 valence electrons. The molecule has 1 saturated heterocycles. The summed E-state index contributed by atoms with van der Waals surface area (Å²) in [5, 5.41) is 3.18. The summed E-state index contributed by atoms with van der Waals surface area (Å²) in [5.74, 6) is 5.31. The van der Waals surface area contributed by atoms with Crippen LogP contribution < -0.4 is 10.1 Å². The van der Waals surface area contributed by atoms with E-state index >= 15 is 0 Å². The summed E-state index contributed by atoms with van der Waals surface area (Å²) < 4.78 is 5.83. The van der Waals surface area contributed by atoms with Crippen molar-refractivity contribution in [2.45, 2.75) is 42.7 Å². The normalized spacial score (nSPS) is 30.2. The summed E-state index contributed by atoms with van der Waals surface area (Å²) in [6.07, 6.45) is 6.13. The highest BCUT2D eigenvalue weighted by Crippen LogP contribution is 2.64. The van der Waals surface area contributed by atoms with E-state index in [0.717, 1.165) is 36.0 Å². The van der Waals surface area contributed by atoms with Crippen molar-refractivity contribution in [2.75, 3.05) is 18.6 Å². The van der Waals surface area contributed by atoms with Crippen LogP contribution in [0.2, 0.25) is 0 Å². The van der Waals surface area contributed by atoms with Crippen LogP contribution in [-0.4, -0.2) is 28.6 Å². The third-order valence-electron chi connectivity index (χ3n) is 6.14. The fourth-order valence-corrected chi connectivity index (χ4v) is 8.94. The van der Waals surface area contributed by atoms with Crippen LogP contribution in [0.3, 0.4) is 0 Å². The first-order chi connectivity index (χ1) is 12.2. The fourth-order valence-electron chi connectivity index (χ4n) is 5.00. The van der Waals surface area contributed by atoms with Crippen molar-refractivity contribution >= 4 is 29.4 Å². The Labute approximate surface area is 159 Å². The van der Waals surface area contributed by atoms with E-state index in [2.05, 4.69) is 28.8 Å². The van der Waals surface area contributed by atoms with Gasteiger partial charge in [0, 0.05) is 29.5 Å². The number of nitrogens with one attached hydrogen (secondary N) is 1. The zero-order valence-electron chi connectivity index (χ0n) is 14.8. The Balaban J connectivity index is 1.40. The van der Waals surface area contributed by atoms with E-state index < -0.39 is 0 Å². The van der Waals surface area contributed by atoms with Gasteiger partial charge in [-0.3, -0.25) is 4.79 Å². The molecule has 3 nitrogen and oxygen atoms in total. The highest BCUT2D eigenvalue weighted by Gasteiger charge is 2.55. The molecule has 1 spiro atoms. The molecule has 25 heavy (non-hydrogen) atoms. The van der Waals surface area contributed by atoms with Crippen LogP contribution in [0.5, 0.6) is 5.75 Å². The predicted molar refractivity (Wildman–Crippen MR) is 106 cm³/mol. The van der Waals surface area contributed by atoms with Crippen molar-refractivity contribution in [3.05, 3.63) is 29.8 Å². The zero-order valence-corrected chi connectivity index (χ0v) is 16.5. The second-order valence-corrected chi connectivity index (χ2v) is 10.4. The summed E-state index contributed by atoms with van der Waals surface area (Å²) in [5.41, 5.74) is 1.05. The number of rotatable bonds is 4. The maximum Gasteiger partial charge on any atom is 0.223 e. The number of ether oxygens (including phenoxy) is 1. The maximum atomic E-state index is 12.8. The van der Waals surface area contributed by atoms with Crippen molar-refractivity contribution in [3.8, 4) is 5.75 Å². The van der Waals surface area contributed by atoms with Crippen LogP contribution in [0, 0.1) is 17.8 Å². The molecule has 2 saturated carbocycles. The van der Waals surface area contributed by atoms with E-state index in [4.69, 9.17) is 4.74 Å². The van der Waals surface area contributed by atoms with Crippen LogP contribution in [-0.2, 0) is 11.3 Å². The van der Waals surface area contributed by atoms with Gasteiger partial charge >= 0.3 is 0 Å². The second kappa shape index (κ2) is 7.43. The highest BCUT2D eigenvalue weighted by atomic mass is 32.2. The van der Waals surface area contributed by atoms with Crippen LogP contribution in [0.4, 0.5) is 0 Å². The molecule has 1 N–H and O–H groups in total. The topological polar surface area (TPSA) is 38.3 Å². The molecule has 1 amide bonds. The Morgan fingerprint density at radius 2 is 1.88 bits per heavy atom. The largest absolute Gasteiger partial charge is 0.496 e. The lowest BCUT2D eigenvalue weighted by molar-refractivity contribution is -0.127. The summed E-state index contributed by atoms with van der Waals surface area (Å²) in [6.45, 7) is 0.559. The van der Waals surface area contributed by atoms with E-state index in [-0.39, 0.29) is 11.8 Å². The lowest BCUT2D eigenvalue weighted by Crippen LogP contribution is -2.49. The minimum absolute atomic E-state index is 0.192. The van der Waals surface area contributed by atoms with E-state index in [1.165, 1.54) is 30.8 Å². The number of amides is 1. The molecule has 1 aliphatic heterocycles. The third-order valence-corrected chi connectivity index (χ3v) is 10.2. The maximum absolute atomic E-state index is 12.8. The predicted octanol–water partition coefficient (Wildman–Crippen LogP) is 4.31. The molecule has 2 atom stereocenters. The van der Waals surface area contributed by atoms with Gasteiger partial charge < -0.3 is 10.1 Å². The van der Waals surface area contributed by atoms with Gasteiger partial charge in [0.2, 0.25) is 5.91 Å². The molecule has 0 aromatic heterocycles. The molecule has 1 heterocycles. The first-order valence-electron chi connectivity index (χ1n) is 9.40. The molecular weight excluding hydrogens is 350 g/mol. The number of thioether (sulfide) groups is 2. The molecule has 3 fully saturated rings. The van der Waals surface area contributed by atoms with E-state index in [1.807, 2.05) is 24.3 Å². The van der Waals surface area contributed by atoms with Gasteiger partial charge in [0.25, 0.3) is 0 Å². The van der Waals surface area contributed by atoms with Gasteiger partial charge in [-0.25, -0.2) is 0 Å². The minimum Gasteiger partial charge on any atom is -0.496 e. The van der Waals surface area contributed by atoms with Crippen LogP contribution in [0.1, 0.15) is 37.7 Å². The van der Waals surface area contributed by atoms with Gasteiger partial charge in [0.1, 0.15) is 5.75 Å². The number of carbonyl (C=O) groups is 1. The molecule has 1 aromatic carbocycles. The lowest BCUT2D eigenvalue weighted by Gasteiger charge is -2.52. The van der Waals surface area contributed by atoms with Crippen molar-refractivity contribution in [3.63, 3.8) is 0 Å². The smallest absolute Gasteiger partial charge is 0.223 e. The van der Waals surface area contributed by atoms with Crippen molar-refractivity contribution in [1.29, 1.82) is 0 Å². The standard InChI is InChI=1S/C20H27NO2S2/c1-23-18-8-3-2-5-14(18)13-21-19(22)15-11-16-6-4-7-17(12-15)20(16)24-9-10-25-20/h2-3,5,8,15-17H,4,6-7,9-13H2,1H3,(H,21,22)/t16-,17-/m1/s1. The lowest BCUT2D eigenvalue weighted by atomic mass is 9.67. The number of hydrogen-bond acceptors (Lipinski definition) is 4. The number of para-hydroxylation sites is 1. The summed E-state index contributed by atoms with van der Waals surface area (Å²) in [4.78, 5) is 12.8. The van der Waals surface area contributed by atoms with Crippen LogP contribution >= 0.6 is 23.5 Å². The van der Waals surface area contributed by atoms with Gasteiger partial charge in [-0.1, -0.05) is 24.6 Å². The minimum atomic E-state index is 0.192. The van der Waals surface area contributed by atoms with Crippen molar-refractivity contribution < 1.29 is 9.53 Å². The fraction of sp³-hybridized carbons (Fsp3) is 0.650. The Bertz CT molecular complexity index is 614. The molecule has 2 bridgehead atoms.